The molecule has 0 bridgehead atoms. The molecule has 3 aromatic carbocycles. The number of rotatable bonds is 1. The van der Waals surface area contributed by atoms with Crippen LogP contribution in [0.1, 0.15) is 31.9 Å². The first-order valence-electron chi connectivity index (χ1n) is 9.99. The molecule has 4 aromatic rings. The summed E-state index contributed by atoms with van der Waals surface area (Å²) >= 11 is 0. The molecule has 0 atom stereocenters. The minimum absolute atomic E-state index is 0.167. The van der Waals surface area contributed by atoms with Crippen molar-refractivity contribution >= 4 is 21.5 Å². The van der Waals surface area contributed by atoms with Gasteiger partial charge in [0.25, 0.3) is 0 Å². The van der Waals surface area contributed by atoms with Crippen molar-refractivity contribution in [1.29, 1.82) is 0 Å². The molecule has 0 amide bonds. The standard InChI is InChI=1S/C26H26NO/c1-16-18-10-6-7-11-19(18)20(15-26(2,3)4)25-22(16)24-23-17(13-14-27(24)5)9-8-12-21(23)28-25/h6-14H,15H2,1-5H3/q+1. The Morgan fingerprint density at radius 2 is 1.68 bits per heavy atom. The molecule has 2 heterocycles. The fourth-order valence-electron chi connectivity index (χ4n) is 4.63. The first-order chi connectivity index (χ1) is 13.3. The van der Waals surface area contributed by atoms with Crippen LogP contribution in [0.15, 0.2) is 54.7 Å². The molecule has 2 heteroatoms. The summed E-state index contributed by atoms with van der Waals surface area (Å²) in [5, 5.41) is 5.06. The van der Waals surface area contributed by atoms with Crippen LogP contribution in [0.2, 0.25) is 0 Å². The lowest BCUT2D eigenvalue weighted by atomic mass is 9.82. The Balaban J connectivity index is 1.98. The zero-order chi connectivity index (χ0) is 19.6. The van der Waals surface area contributed by atoms with Gasteiger partial charge in [-0.3, -0.25) is 0 Å². The van der Waals surface area contributed by atoms with Gasteiger partial charge >= 0.3 is 0 Å². The molecule has 0 saturated carbocycles. The molecular weight excluding hydrogens is 342 g/mol. The molecule has 1 aliphatic rings. The van der Waals surface area contributed by atoms with E-state index in [9.17, 15) is 0 Å². The molecule has 140 valence electrons. The molecule has 0 N–H and O–H groups in total. The molecule has 0 fully saturated rings. The van der Waals surface area contributed by atoms with Crippen LogP contribution >= 0.6 is 0 Å². The van der Waals surface area contributed by atoms with Crippen molar-refractivity contribution in [2.45, 2.75) is 34.1 Å². The summed E-state index contributed by atoms with van der Waals surface area (Å²) in [5.74, 6) is 1.99. The van der Waals surface area contributed by atoms with Crippen molar-refractivity contribution < 1.29 is 9.30 Å². The van der Waals surface area contributed by atoms with Crippen LogP contribution < -0.4 is 9.30 Å². The number of fused-ring (bicyclic) bond motifs is 3. The van der Waals surface area contributed by atoms with Gasteiger partial charge in [0.2, 0.25) is 5.69 Å². The average molecular weight is 369 g/mol. The van der Waals surface area contributed by atoms with Crippen LogP contribution in [0.25, 0.3) is 32.8 Å². The third-order valence-electron chi connectivity index (χ3n) is 5.81. The predicted octanol–water partition coefficient (Wildman–Crippen LogP) is 6.49. The van der Waals surface area contributed by atoms with Crippen LogP contribution in [0.4, 0.5) is 0 Å². The van der Waals surface area contributed by atoms with Crippen molar-refractivity contribution in [2.24, 2.45) is 12.5 Å². The molecule has 5 rings (SSSR count). The second-order valence-electron chi connectivity index (χ2n) is 9.19. The number of aromatic nitrogens is 1. The molecule has 0 saturated heterocycles. The number of aryl methyl sites for hydroxylation is 2. The number of pyridine rings is 1. The summed E-state index contributed by atoms with van der Waals surface area (Å²) in [6.45, 7) is 9.13. The van der Waals surface area contributed by atoms with E-state index in [1.54, 1.807) is 0 Å². The topological polar surface area (TPSA) is 13.1 Å². The highest BCUT2D eigenvalue weighted by molar-refractivity contribution is 6.06. The Kier molecular flexibility index (Phi) is 3.58. The van der Waals surface area contributed by atoms with Gasteiger partial charge in [0.1, 0.15) is 18.5 Å². The molecule has 0 unspecified atom stereocenters. The second-order valence-corrected chi connectivity index (χ2v) is 9.19. The molecule has 28 heavy (non-hydrogen) atoms. The highest BCUT2D eigenvalue weighted by atomic mass is 16.5. The third kappa shape index (κ3) is 2.44. The molecule has 0 spiro atoms. The summed E-state index contributed by atoms with van der Waals surface area (Å²) in [7, 11) is 2.14. The van der Waals surface area contributed by atoms with E-state index < -0.39 is 0 Å². The van der Waals surface area contributed by atoms with Gasteiger partial charge in [0.05, 0.1) is 10.9 Å². The summed E-state index contributed by atoms with van der Waals surface area (Å²) < 4.78 is 8.90. The van der Waals surface area contributed by atoms with Crippen LogP contribution in [0.3, 0.4) is 0 Å². The first kappa shape index (κ1) is 17.2. The van der Waals surface area contributed by atoms with E-state index in [1.165, 1.54) is 43.9 Å². The van der Waals surface area contributed by atoms with Gasteiger partial charge in [0, 0.05) is 11.6 Å². The van der Waals surface area contributed by atoms with Crippen LogP contribution in [-0.4, -0.2) is 0 Å². The molecule has 1 aliphatic heterocycles. The van der Waals surface area contributed by atoms with E-state index in [0.29, 0.717) is 0 Å². The quantitative estimate of drug-likeness (QED) is 0.308. The summed E-state index contributed by atoms with van der Waals surface area (Å²) in [4.78, 5) is 0. The van der Waals surface area contributed by atoms with Crippen molar-refractivity contribution in [3.63, 3.8) is 0 Å². The smallest absolute Gasteiger partial charge is 0.228 e. The van der Waals surface area contributed by atoms with Gasteiger partial charge in [-0.05, 0) is 46.5 Å². The maximum Gasteiger partial charge on any atom is 0.228 e. The molecule has 0 radical (unpaired) electrons. The van der Waals surface area contributed by atoms with Gasteiger partial charge in [0.15, 0.2) is 6.20 Å². The van der Waals surface area contributed by atoms with Crippen molar-refractivity contribution in [3.8, 4) is 22.8 Å². The molecule has 0 aliphatic carbocycles. The Hall–Kier alpha value is -2.87. The first-order valence-corrected chi connectivity index (χ1v) is 9.99. The lowest BCUT2D eigenvalue weighted by molar-refractivity contribution is -0.659. The maximum atomic E-state index is 6.66. The lowest BCUT2D eigenvalue weighted by Gasteiger charge is -2.28. The number of hydrogen-bond donors (Lipinski definition) is 0. The van der Waals surface area contributed by atoms with Gasteiger partial charge in [-0.1, -0.05) is 57.2 Å². The van der Waals surface area contributed by atoms with Crippen LogP contribution in [0.5, 0.6) is 11.5 Å². The van der Waals surface area contributed by atoms with Gasteiger partial charge in [-0.15, -0.1) is 0 Å². The highest BCUT2D eigenvalue weighted by Gasteiger charge is 2.33. The number of hydrogen-bond acceptors (Lipinski definition) is 1. The zero-order valence-corrected chi connectivity index (χ0v) is 17.3. The van der Waals surface area contributed by atoms with Crippen molar-refractivity contribution in [1.82, 2.24) is 0 Å². The minimum atomic E-state index is 0.167. The van der Waals surface area contributed by atoms with Crippen LogP contribution in [-0.2, 0) is 13.5 Å². The Morgan fingerprint density at radius 3 is 2.43 bits per heavy atom. The predicted molar refractivity (Wildman–Crippen MR) is 116 cm³/mol. The van der Waals surface area contributed by atoms with E-state index in [1.807, 2.05) is 0 Å². The van der Waals surface area contributed by atoms with E-state index in [4.69, 9.17) is 4.74 Å². The number of benzene rings is 3. The zero-order valence-electron chi connectivity index (χ0n) is 17.3. The second kappa shape index (κ2) is 5.81. The third-order valence-corrected chi connectivity index (χ3v) is 5.81. The van der Waals surface area contributed by atoms with E-state index in [0.717, 1.165) is 17.9 Å². The monoisotopic (exact) mass is 368 g/mol. The van der Waals surface area contributed by atoms with Gasteiger partial charge in [-0.2, -0.15) is 0 Å². The van der Waals surface area contributed by atoms with E-state index in [-0.39, 0.29) is 5.41 Å². The summed E-state index contributed by atoms with van der Waals surface area (Å²) in [6, 6.07) is 17.3. The number of ether oxygens (including phenoxy) is 1. The lowest BCUT2D eigenvalue weighted by Crippen LogP contribution is -2.32. The summed E-state index contributed by atoms with van der Waals surface area (Å²) in [5.41, 5.74) is 5.27. The van der Waals surface area contributed by atoms with Gasteiger partial charge < -0.3 is 4.74 Å². The number of nitrogens with zero attached hydrogens (tertiary/aromatic N) is 1. The Morgan fingerprint density at radius 1 is 0.929 bits per heavy atom. The Labute approximate surface area is 166 Å². The van der Waals surface area contributed by atoms with Crippen molar-refractivity contribution in [3.05, 3.63) is 65.9 Å². The Bertz CT molecular complexity index is 1260. The largest absolute Gasteiger partial charge is 0.455 e. The van der Waals surface area contributed by atoms with E-state index in [2.05, 4.69) is 94.0 Å². The van der Waals surface area contributed by atoms with Gasteiger partial charge in [-0.25, -0.2) is 4.57 Å². The average Bonchev–Trinajstić information content (AvgIpc) is 2.66. The van der Waals surface area contributed by atoms with E-state index >= 15 is 0 Å². The molecular formula is C26H26NO+. The molecule has 2 nitrogen and oxygen atoms in total. The normalized spacial score (nSPS) is 12.9. The fraction of sp³-hybridized carbons (Fsp3) is 0.269. The van der Waals surface area contributed by atoms with Crippen LogP contribution in [0, 0.1) is 12.3 Å². The highest BCUT2D eigenvalue weighted by Crippen LogP contribution is 2.51. The SMILES string of the molecule is Cc1c2c(c(CC(C)(C)C)c3ccccc13)Oc1cccc3cc[n+](C)c-2c13. The molecule has 1 aromatic heterocycles. The van der Waals surface area contributed by atoms with Crippen molar-refractivity contribution in [2.75, 3.05) is 0 Å². The minimum Gasteiger partial charge on any atom is -0.455 e. The maximum absolute atomic E-state index is 6.66. The fourth-order valence-corrected chi connectivity index (χ4v) is 4.63. The summed E-state index contributed by atoms with van der Waals surface area (Å²) in [6.07, 6.45) is 3.13.